The normalized spacial score (nSPS) is 20.4. The molecule has 8 nitrogen and oxygen atoms in total. The van der Waals surface area contributed by atoms with Crippen molar-refractivity contribution in [2.75, 3.05) is 12.8 Å². The Labute approximate surface area is 170 Å². The summed E-state index contributed by atoms with van der Waals surface area (Å²) in [7, 11) is -2.04. The number of hydrogen-bond donors (Lipinski definition) is 2. The van der Waals surface area contributed by atoms with Gasteiger partial charge in [-0.2, -0.15) is 4.31 Å². The molecule has 1 aliphatic carbocycles. The lowest BCUT2D eigenvalue weighted by Gasteiger charge is -2.32. The van der Waals surface area contributed by atoms with Crippen molar-refractivity contribution in [3.8, 4) is 11.3 Å². The van der Waals surface area contributed by atoms with Crippen LogP contribution in [0.5, 0.6) is 0 Å². The van der Waals surface area contributed by atoms with E-state index in [4.69, 9.17) is 5.73 Å². The first-order valence-electron chi connectivity index (χ1n) is 9.63. The van der Waals surface area contributed by atoms with Gasteiger partial charge in [-0.25, -0.2) is 18.4 Å². The minimum absolute atomic E-state index is 0.102. The van der Waals surface area contributed by atoms with E-state index in [2.05, 4.69) is 9.97 Å². The van der Waals surface area contributed by atoms with Crippen molar-refractivity contribution in [3.63, 3.8) is 0 Å². The average Bonchev–Trinajstić information content (AvgIpc) is 3.13. The predicted molar refractivity (Wildman–Crippen MR) is 111 cm³/mol. The third kappa shape index (κ3) is 3.50. The van der Waals surface area contributed by atoms with Crippen LogP contribution in [0.4, 0.5) is 5.82 Å². The van der Waals surface area contributed by atoms with Crippen LogP contribution in [-0.4, -0.2) is 51.4 Å². The lowest BCUT2D eigenvalue weighted by molar-refractivity contribution is 0.104. The van der Waals surface area contributed by atoms with Gasteiger partial charge < -0.3 is 10.8 Å². The Morgan fingerprint density at radius 2 is 1.93 bits per heavy atom. The minimum Gasteiger partial charge on any atom is -0.393 e. The van der Waals surface area contributed by atoms with Gasteiger partial charge in [0, 0.05) is 31.0 Å². The van der Waals surface area contributed by atoms with Crippen molar-refractivity contribution in [2.45, 2.75) is 49.6 Å². The molecule has 4 rings (SSSR count). The molecule has 154 valence electrons. The number of nitrogens with two attached hydrogens (primary N) is 1. The van der Waals surface area contributed by atoms with Crippen LogP contribution < -0.4 is 5.73 Å². The first-order chi connectivity index (χ1) is 13.8. The second-order valence-corrected chi connectivity index (χ2v) is 9.61. The van der Waals surface area contributed by atoms with Crippen LogP contribution in [0.2, 0.25) is 0 Å². The van der Waals surface area contributed by atoms with E-state index in [1.165, 1.54) is 4.31 Å². The maximum atomic E-state index is 13.3. The number of aryl methyl sites for hydroxylation is 1. The van der Waals surface area contributed by atoms with Crippen LogP contribution >= 0.6 is 0 Å². The number of imidazole rings is 1. The van der Waals surface area contributed by atoms with E-state index in [0.717, 1.165) is 16.8 Å². The molecule has 1 fully saturated rings. The lowest BCUT2D eigenvalue weighted by Crippen LogP contribution is -2.40. The van der Waals surface area contributed by atoms with Crippen LogP contribution in [0.1, 0.15) is 31.2 Å². The summed E-state index contributed by atoms with van der Waals surface area (Å²) >= 11 is 0. The van der Waals surface area contributed by atoms with Gasteiger partial charge in [-0.3, -0.25) is 4.40 Å². The van der Waals surface area contributed by atoms with Crippen molar-refractivity contribution in [2.24, 2.45) is 0 Å². The SMILES string of the molecule is Cc1ccc(S(=O)(=O)N(C)[C@H]2CC[C@H](O)CC2)cc1-c1cnc2c(N)nccn12. The van der Waals surface area contributed by atoms with Crippen molar-refractivity contribution in [1.29, 1.82) is 0 Å². The highest BCUT2D eigenvalue weighted by Crippen LogP contribution is 2.31. The van der Waals surface area contributed by atoms with Crippen LogP contribution in [0, 0.1) is 6.92 Å². The summed E-state index contributed by atoms with van der Waals surface area (Å²) in [5.41, 5.74) is 8.90. The summed E-state index contributed by atoms with van der Waals surface area (Å²) < 4.78 is 29.8. The third-order valence-electron chi connectivity index (χ3n) is 5.80. The molecular weight excluding hydrogens is 390 g/mol. The Hall–Kier alpha value is -2.49. The zero-order valence-electron chi connectivity index (χ0n) is 16.5. The topological polar surface area (TPSA) is 114 Å². The zero-order chi connectivity index (χ0) is 20.8. The molecule has 0 unspecified atom stereocenters. The van der Waals surface area contributed by atoms with Gasteiger partial charge in [-0.1, -0.05) is 6.07 Å². The number of nitrogens with zero attached hydrogens (tertiary/aromatic N) is 4. The largest absolute Gasteiger partial charge is 0.393 e. The number of benzene rings is 1. The summed E-state index contributed by atoms with van der Waals surface area (Å²) in [6.07, 6.45) is 7.28. The van der Waals surface area contributed by atoms with Crippen molar-refractivity contribution < 1.29 is 13.5 Å². The Balaban J connectivity index is 1.74. The first-order valence-corrected chi connectivity index (χ1v) is 11.1. The summed E-state index contributed by atoms with van der Waals surface area (Å²) in [6, 6.07) is 5.04. The Bertz CT molecular complexity index is 1150. The molecular formula is C20H25N5O3S. The molecule has 1 aliphatic rings. The maximum absolute atomic E-state index is 13.3. The van der Waals surface area contributed by atoms with Gasteiger partial charge in [-0.15, -0.1) is 0 Å². The number of aliphatic hydroxyl groups is 1. The van der Waals surface area contributed by atoms with Crippen molar-refractivity contribution >= 4 is 21.5 Å². The van der Waals surface area contributed by atoms with E-state index in [9.17, 15) is 13.5 Å². The molecule has 0 amide bonds. The van der Waals surface area contributed by atoms with Crippen LogP contribution in [0.3, 0.4) is 0 Å². The molecule has 0 radical (unpaired) electrons. The van der Waals surface area contributed by atoms with Gasteiger partial charge in [0.05, 0.1) is 22.9 Å². The number of fused-ring (bicyclic) bond motifs is 1. The monoisotopic (exact) mass is 415 g/mol. The van der Waals surface area contributed by atoms with E-state index in [1.807, 2.05) is 17.4 Å². The molecule has 1 aromatic carbocycles. The summed E-state index contributed by atoms with van der Waals surface area (Å²) in [5, 5.41) is 9.72. The minimum atomic E-state index is -3.66. The fraction of sp³-hybridized carbons (Fsp3) is 0.400. The fourth-order valence-electron chi connectivity index (χ4n) is 3.96. The van der Waals surface area contributed by atoms with Gasteiger partial charge >= 0.3 is 0 Å². The zero-order valence-corrected chi connectivity index (χ0v) is 17.3. The smallest absolute Gasteiger partial charge is 0.243 e. The molecule has 1 saturated carbocycles. The highest BCUT2D eigenvalue weighted by Gasteiger charge is 2.31. The molecule has 2 aromatic heterocycles. The Kier molecular flexibility index (Phi) is 5.05. The van der Waals surface area contributed by atoms with E-state index >= 15 is 0 Å². The summed E-state index contributed by atoms with van der Waals surface area (Å²) in [4.78, 5) is 8.62. The molecule has 0 atom stereocenters. The van der Waals surface area contributed by atoms with Gasteiger partial charge in [0.1, 0.15) is 0 Å². The van der Waals surface area contributed by atoms with Crippen LogP contribution in [-0.2, 0) is 10.0 Å². The summed E-state index contributed by atoms with van der Waals surface area (Å²) in [5.74, 6) is 0.319. The molecule has 9 heteroatoms. The van der Waals surface area contributed by atoms with Gasteiger partial charge in [-0.05, 0) is 50.3 Å². The van der Waals surface area contributed by atoms with E-state index in [1.54, 1.807) is 37.8 Å². The molecule has 29 heavy (non-hydrogen) atoms. The Morgan fingerprint density at radius 1 is 1.21 bits per heavy atom. The fourth-order valence-corrected chi connectivity index (χ4v) is 5.40. The molecule has 2 heterocycles. The molecule has 0 saturated heterocycles. The van der Waals surface area contributed by atoms with Gasteiger partial charge in [0.2, 0.25) is 10.0 Å². The number of hydrogen-bond acceptors (Lipinski definition) is 6. The van der Waals surface area contributed by atoms with Crippen LogP contribution in [0.25, 0.3) is 16.9 Å². The van der Waals surface area contributed by atoms with Crippen molar-refractivity contribution in [1.82, 2.24) is 18.7 Å². The quantitative estimate of drug-likeness (QED) is 0.675. The molecule has 0 spiro atoms. The summed E-state index contributed by atoms with van der Waals surface area (Å²) in [6.45, 7) is 1.93. The number of rotatable bonds is 4. The number of aliphatic hydroxyl groups excluding tert-OH is 1. The van der Waals surface area contributed by atoms with Crippen LogP contribution in [0.15, 0.2) is 41.7 Å². The van der Waals surface area contributed by atoms with E-state index in [-0.39, 0.29) is 17.0 Å². The third-order valence-corrected chi connectivity index (χ3v) is 7.70. The number of anilines is 1. The highest BCUT2D eigenvalue weighted by molar-refractivity contribution is 7.89. The predicted octanol–water partition coefficient (Wildman–Crippen LogP) is 2.21. The van der Waals surface area contributed by atoms with Crippen molar-refractivity contribution in [3.05, 3.63) is 42.4 Å². The van der Waals surface area contributed by atoms with Gasteiger partial charge in [0.25, 0.3) is 0 Å². The van der Waals surface area contributed by atoms with Gasteiger partial charge in [0.15, 0.2) is 11.5 Å². The number of sulfonamides is 1. The first kappa shape index (κ1) is 19.8. The standard InChI is InChI=1S/C20H25N5O3S/c1-13-3-8-16(29(27,28)24(2)14-4-6-15(26)7-5-14)11-17(13)18-12-23-20-19(21)22-9-10-25(18)20/h3,8-12,14-15,26H,4-7H2,1-2H3,(H2,21,22)/t14-,15-. The second kappa shape index (κ2) is 7.40. The molecule has 3 N–H and O–H groups in total. The molecule has 3 aromatic rings. The number of aromatic nitrogens is 3. The van der Waals surface area contributed by atoms with E-state index < -0.39 is 10.0 Å². The van der Waals surface area contributed by atoms with E-state index in [0.29, 0.717) is 37.1 Å². The lowest BCUT2D eigenvalue weighted by atomic mass is 9.93. The average molecular weight is 416 g/mol. The molecule has 0 bridgehead atoms. The molecule has 0 aliphatic heterocycles. The number of nitrogen functional groups attached to an aromatic ring is 1. The highest BCUT2D eigenvalue weighted by atomic mass is 32.2. The Morgan fingerprint density at radius 3 is 2.66 bits per heavy atom. The maximum Gasteiger partial charge on any atom is 0.243 e. The second-order valence-electron chi connectivity index (χ2n) is 7.61.